The normalized spacial score (nSPS) is 25.6. The van der Waals surface area contributed by atoms with Crippen molar-refractivity contribution in [2.24, 2.45) is 5.41 Å². The van der Waals surface area contributed by atoms with E-state index in [1.807, 2.05) is 4.90 Å². The van der Waals surface area contributed by atoms with Crippen LogP contribution in [0.15, 0.2) is 0 Å². The van der Waals surface area contributed by atoms with Crippen LogP contribution in [0.5, 0.6) is 0 Å². The molecule has 0 radical (unpaired) electrons. The third kappa shape index (κ3) is 2.47. The highest BCUT2D eigenvalue weighted by Crippen LogP contribution is 2.48. The maximum absolute atomic E-state index is 11.9. The molecule has 2 aliphatic rings. The monoisotopic (exact) mass is 196 g/mol. The van der Waals surface area contributed by atoms with Crippen molar-refractivity contribution >= 4 is 5.91 Å². The molecular weight excluding hydrogens is 176 g/mol. The zero-order valence-corrected chi connectivity index (χ0v) is 9.01. The fraction of sp³-hybridized carbons (Fsp3) is 0.909. The molecule has 3 nitrogen and oxygen atoms in total. The van der Waals surface area contributed by atoms with Crippen LogP contribution in [0.4, 0.5) is 0 Å². The Hall–Kier alpha value is -0.570. The van der Waals surface area contributed by atoms with Gasteiger partial charge in [-0.25, -0.2) is 0 Å². The minimum atomic E-state index is 0.358. The Labute approximate surface area is 85.8 Å². The predicted octanol–water partition coefficient (Wildman–Crippen LogP) is 0.998. The van der Waals surface area contributed by atoms with Crippen LogP contribution in [0.2, 0.25) is 0 Å². The van der Waals surface area contributed by atoms with Gasteiger partial charge in [0, 0.05) is 26.1 Å². The van der Waals surface area contributed by atoms with Crippen LogP contribution in [-0.4, -0.2) is 37.0 Å². The number of nitrogens with zero attached hydrogens (tertiary/aromatic N) is 1. The Balaban J connectivity index is 1.83. The summed E-state index contributed by atoms with van der Waals surface area (Å²) in [6.07, 6.45) is 4.35. The number of carbonyl (C=O) groups is 1. The van der Waals surface area contributed by atoms with Crippen LogP contribution in [0.25, 0.3) is 0 Å². The van der Waals surface area contributed by atoms with Gasteiger partial charge < -0.3 is 10.2 Å². The number of hydrogen-bond acceptors (Lipinski definition) is 2. The molecule has 80 valence electrons. The van der Waals surface area contributed by atoms with Gasteiger partial charge in [0.2, 0.25) is 5.91 Å². The molecule has 0 bridgehead atoms. The molecule has 2 fully saturated rings. The Bertz CT molecular complexity index is 215. The molecule has 0 atom stereocenters. The van der Waals surface area contributed by atoms with E-state index in [1.54, 1.807) is 0 Å². The van der Waals surface area contributed by atoms with Crippen molar-refractivity contribution in [3.05, 3.63) is 0 Å². The van der Waals surface area contributed by atoms with E-state index in [0.29, 0.717) is 11.3 Å². The van der Waals surface area contributed by atoms with Gasteiger partial charge in [0.25, 0.3) is 0 Å². The summed E-state index contributed by atoms with van der Waals surface area (Å²) in [5.41, 5.74) is 0.358. The molecule has 1 heterocycles. The predicted molar refractivity (Wildman–Crippen MR) is 56.0 cm³/mol. The first-order valence-corrected chi connectivity index (χ1v) is 5.68. The Morgan fingerprint density at radius 2 is 2.14 bits per heavy atom. The lowest BCUT2D eigenvalue weighted by atomic mass is 10.0. The second-order valence-corrected chi connectivity index (χ2v) is 4.97. The van der Waals surface area contributed by atoms with E-state index in [2.05, 4.69) is 12.2 Å². The highest BCUT2D eigenvalue weighted by Gasteiger charge is 2.40. The topological polar surface area (TPSA) is 32.3 Å². The fourth-order valence-corrected chi connectivity index (χ4v) is 1.96. The first-order chi connectivity index (χ1) is 6.70. The van der Waals surface area contributed by atoms with Gasteiger partial charge in [0.05, 0.1) is 0 Å². The summed E-state index contributed by atoms with van der Waals surface area (Å²) >= 11 is 0. The molecule has 0 aromatic heterocycles. The molecule has 1 amide bonds. The van der Waals surface area contributed by atoms with Crippen molar-refractivity contribution in [2.75, 3.05) is 26.2 Å². The summed E-state index contributed by atoms with van der Waals surface area (Å²) < 4.78 is 0. The van der Waals surface area contributed by atoms with Crippen LogP contribution in [-0.2, 0) is 4.79 Å². The molecule has 1 aliphatic carbocycles. The lowest BCUT2D eigenvalue weighted by molar-refractivity contribution is -0.132. The van der Waals surface area contributed by atoms with E-state index in [1.165, 1.54) is 12.8 Å². The van der Waals surface area contributed by atoms with Gasteiger partial charge in [-0.1, -0.05) is 6.92 Å². The highest BCUT2D eigenvalue weighted by atomic mass is 16.2. The van der Waals surface area contributed by atoms with Crippen LogP contribution in [0, 0.1) is 5.41 Å². The Morgan fingerprint density at radius 1 is 1.36 bits per heavy atom. The average Bonchev–Trinajstić information content (AvgIpc) is 2.89. The van der Waals surface area contributed by atoms with Crippen molar-refractivity contribution in [3.63, 3.8) is 0 Å². The summed E-state index contributed by atoms with van der Waals surface area (Å²) in [6, 6.07) is 0. The quantitative estimate of drug-likeness (QED) is 0.714. The summed E-state index contributed by atoms with van der Waals surface area (Å²) in [7, 11) is 0. The SMILES string of the molecule is CC1(CC(=O)N2CCCNCC2)CC1. The number of hydrogen-bond donors (Lipinski definition) is 1. The van der Waals surface area contributed by atoms with Gasteiger partial charge >= 0.3 is 0 Å². The Kier molecular flexibility index (Phi) is 2.77. The van der Waals surface area contributed by atoms with Gasteiger partial charge in [-0.05, 0) is 31.2 Å². The highest BCUT2D eigenvalue weighted by molar-refractivity contribution is 5.77. The first kappa shape index (κ1) is 9.97. The number of carbonyl (C=O) groups excluding carboxylic acids is 1. The van der Waals surface area contributed by atoms with Crippen LogP contribution in [0.1, 0.15) is 32.6 Å². The van der Waals surface area contributed by atoms with Gasteiger partial charge in [0.15, 0.2) is 0 Å². The molecule has 1 N–H and O–H groups in total. The fourth-order valence-electron chi connectivity index (χ4n) is 1.96. The largest absolute Gasteiger partial charge is 0.341 e. The van der Waals surface area contributed by atoms with Crippen molar-refractivity contribution in [2.45, 2.75) is 32.6 Å². The van der Waals surface area contributed by atoms with Crippen LogP contribution in [0.3, 0.4) is 0 Å². The average molecular weight is 196 g/mol. The number of nitrogens with one attached hydrogen (secondary N) is 1. The number of amides is 1. The molecule has 0 spiro atoms. The molecule has 0 unspecified atom stereocenters. The second-order valence-electron chi connectivity index (χ2n) is 4.97. The van der Waals surface area contributed by atoms with E-state index in [0.717, 1.165) is 39.0 Å². The van der Waals surface area contributed by atoms with Crippen molar-refractivity contribution in [3.8, 4) is 0 Å². The molecule has 14 heavy (non-hydrogen) atoms. The van der Waals surface area contributed by atoms with E-state index >= 15 is 0 Å². The molecule has 0 aromatic rings. The lowest BCUT2D eigenvalue weighted by Gasteiger charge is -2.21. The molecule has 1 saturated heterocycles. The number of rotatable bonds is 2. The molecular formula is C11H20N2O. The minimum absolute atomic E-state index is 0.358. The van der Waals surface area contributed by atoms with Crippen molar-refractivity contribution in [1.82, 2.24) is 10.2 Å². The van der Waals surface area contributed by atoms with Crippen LogP contribution >= 0.6 is 0 Å². The van der Waals surface area contributed by atoms with E-state index in [-0.39, 0.29) is 0 Å². The maximum Gasteiger partial charge on any atom is 0.223 e. The Morgan fingerprint density at radius 3 is 2.86 bits per heavy atom. The summed E-state index contributed by atoms with van der Waals surface area (Å²) in [4.78, 5) is 13.9. The van der Waals surface area contributed by atoms with E-state index < -0.39 is 0 Å². The van der Waals surface area contributed by atoms with Gasteiger partial charge in [-0.15, -0.1) is 0 Å². The second kappa shape index (κ2) is 3.89. The summed E-state index contributed by atoms with van der Waals surface area (Å²) in [6.45, 7) is 6.08. The molecule has 1 saturated carbocycles. The molecule has 3 heteroatoms. The third-order valence-electron chi connectivity index (χ3n) is 3.37. The van der Waals surface area contributed by atoms with Gasteiger partial charge in [0.1, 0.15) is 0 Å². The lowest BCUT2D eigenvalue weighted by Crippen LogP contribution is -2.35. The third-order valence-corrected chi connectivity index (χ3v) is 3.37. The first-order valence-electron chi connectivity index (χ1n) is 5.68. The molecule has 2 rings (SSSR count). The van der Waals surface area contributed by atoms with E-state index in [9.17, 15) is 4.79 Å². The summed E-state index contributed by atoms with van der Waals surface area (Å²) in [5.74, 6) is 0.369. The minimum Gasteiger partial charge on any atom is -0.341 e. The molecule has 0 aromatic carbocycles. The molecule has 1 aliphatic heterocycles. The van der Waals surface area contributed by atoms with Crippen molar-refractivity contribution < 1.29 is 4.79 Å². The standard InChI is InChI=1S/C11H20N2O/c1-11(3-4-11)9-10(14)13-7-2-5-12-6-8-13/h12H,2-9H2,1H3. The smallest absolute Gasteiger partial charge is 0.223 e. The van der Waals surface area contributed by atoms with E-state index in [4.69, 9.17) is 0 Å². The van der Waals surface area contributed by atoms with Crippen LogP contribution < -0.4 is 5.32 Å². The zero-order valence-electron chi connectivity index (χ0n) is 9.01. The summed E-state index contributed by atoms with van der Waals surface area (Å²) in [5, 5.41) is 3.32. The maximum atomic E-state index is 11.9. The van der Waals surface area contributed by atoms with Gasteiger partial charge in [-0.2, -0.15) is 0 Å². The van der Waals surface area contributed by atoms with Crippen molar-refractivity contribution in [1.29, 1.82) is 0 Å². The zero-order chi connectivity index (χ0) is 10.0. The van der Waals surface area contributed by atoms with Gasteiger partial charge in [-0.3, -0.25) is 4.79 Å².